The third kappa shape index (κ3) is 4.71. The van der Waals surface area contributed by atoms with Crippen LogP contribution in [0.2, 0.25) is 0 Å². The van der Waals surface area contributed by atoms with Crippen LogP contribution in [0.5, 0.6) is 0 Å². The maximum atomic E-state index is 12.1. The van der Waals surface area contributed by atoms with Gasteiger partial charge in [-0.15, -0.1) is 0 Å². The van der Waals surface area contributed by atoms with Gasteiger partial charge in [-0.05, 0) is 25.2 Å². The van der Waals surface area contributed by atoms with Gasteiger partial charge in [0.1, 0.15) is 6.04 Å². The number of carbonyl (C=O) groups excluding carboxylic acids is 2. The molecule has 0 aromatic rings. The Morgan fingerprint density at radius 1 is 1.40 bits per heavy atom. The number of carboxylic acids is 1. The van der Waals surface area contributed by atoms with E-state index in [1.165, 1.54) is 4.90 Å². The predicted octanol–water partition coefficient (Wildman–Crippen LogP) is 0.393. The number of carboxylic acid groups (broad SMARTS) is 1. The van der Waals surface area contributed by atoms with Crippen molar-refractivity contribution in [2.24, 2.45) is 17.6 Å². The van der Waals surface area contributed by atoms with E-state index in [9.17, 15) is 14.4 Å². The van der Waals surface area contributed by atoms with Crippen LogP contribution in [0.15, 0.2) is 0 Å². The van der Waals surface area contributed by atoms with Gasteiger partial charge in [0.2, 0.25) is 5.91 Å². The summed E-state index contributed by atoms with van der Waals surface area (Å²) in [6, 6.07) is -1.43. The van der Waals surface area contributed by atoms with Crippen LogP contribution in [-0.2, 0) is 9.59 Å². The highest BCUT2D eigenvalue weighted by Crippen LogP contribution is 2.17. The number of primary amides is 1. The molecule has 0 aliphatic carbocycles. The maximum Gasteiger partial charge on any atom is 0.326 e. The van der Waals surface area contributed by atoms with E-state index in [4.69, 9.17) is 10.8 Å². The van der Waals surface area contributed by atoms with E-state index in [1.807, 2.05) is 13.8 Å². The van der Waals surface area contributed by atoms with Crippen LogP contribution in [0.3, 0.4) is 0 Å². The maximum absolute atomic E-state index is 12.1. The molecule has 0 unspecified atom stereocenters. The van der Waals surface area contributed by atoms with Gasteiger partial charge in [0.25, 0.3) is 0 Å². The molecule has 0 spiro atoms. The number of carbonyl (C=O) groups is 3. The molecule has 0 radical (unpaired) electrons. The number of nitrogens with one attached hydrogen (secondary N) is 1. The normalized spacial score (nSPS) is 20.6. The van der Waals surface area contributed by atoms with Gasteiger partial charge < -0.3 is 21.1 Å². The van der Waals surface area contributed by atoms with Crippen molar-refractivity contribution in [3.05, 3.63) is 0 Å². The first kappa shape index (κ1) is 16.3. The quantitative estimate of drug-likeness (QED) is 0.678. The number of nitrogens with two attached hydrogens (primary N) is 1. The molecule has 1 rings (SSSR count). The number of nitrogens with zero attached hydrogens (tertiary/aromatic N) is 1. The largest absolute Gasteiger partial charge is 0.480 e. The second kappa shape index (κ2) is 7.12. The van der Waals surface area contributed by atoms with Crippen molar-refractivity contribution in [3.8, 4) is 0 Å². The lowest BCUT2D eigenvalue weighted by atomic mass is 9.96. The Balaban J connectivity index is 2.59. The summed E-state index contributed by atoms with van der Waals surface area (Å²) in [6.45, 7) is 4.61. The summed E-state index contributed by atoms with van der Waals surface area (Å²) < 4.78 is 0. The summed E-state index contributed by atoms with van der Waals surface area (Å²) in [4.78, 5) is 35.8. The van der Waals surface area contributed by atoms with E-state index in [0.717, 1.165) is 0 Å². The van der Waals surface area contributed by atoms with Gasteiger partial charge in [-0.2, -0.15) is 0 Å². The Bertz CT molecular complexity index is 384. The zero-order valence-electron chi connectivity index (χ0n) is 12.0. The van der Waals surface area contributed by atoms with Crippen LogP contribution < -0.4 is 11.1 Å². The van der Waals surface area contributed by atoms with Crippen molar-refractivity contribution >= 4 is 17.9 Å². The molecule has 1 aliphatic heterocycles. The van der Waals surface area contributed by atoms with E-state index in [0.29, 0.717) is 25.8 Å². The topological polar surface area (TPSA) is 113 Å². The molecule has 4 N–H and O–H groups in total. The molecule has 7 heteroatoms. The lowest BCUT2D eigenvalue weighted by Crippen LogP contribution is -2.50. The van der Waals surface area contributed by atoms with Crippen molar-refractivity contribution in [2.75, 3.05) is 13.1 Å². The predicted molar refractivity (Wildman–Crippen MR) is 72.9 cm³/mol. The second-order valence-corrected chi connectivity index (χ2v) is 5.65. The second-order valence-electron chi connectivity index (χ2n) is 5.65. The lowest BCUT2D eigenvalue weighted by Gasteiger charge is -2.31. The summed E-state index contributed by atoms with van der Waals surface area (Å²) in [5.41, 5.74) is 5.21. The molecule has 20 heavy (non-hydrogen) atoms. The fourth-order valence-corrected chi connectivity index (χ4v) is 2.37. The van der Waals surface area contributed by atoms with Crippen molar-refractivity contribution in [1.82, 2.24) is 10.2 Å². The van der Waals surface area contributed by atoms with Crippen molar-refractivity contribution in [1.29, 1.82) is 0 Å². The minimum atomic E-state index is -1.03. The number of likely N-dealkylation sites (tertiary alicyclic amines) is 1. The number of amides is 3. The molecular weight excluding hydrogens is 262 g/mol. The molecule has 114 valence electrons. The van der Waals surface area contributed by atoms with Crippen LogP contribution in [0.4, 0.5) is 4.79 Å². The highest BCUT2D eigenvalue weighted by Gasteiger charge is 2.30. The lowest BCUT2D eigenvalue weighted by molar-refractivity contribution is -0.143. The third-order valence-electron chi connectivity index (χ3n) is 3.43. The minimum absolute atomic E-state index is 0.171. The number of hydrogen-bond acceptors (Lipinski definition) is 3. The molecule has 2 atom stereocenters. The SMILES string of the molecule is CC(C)C[C@@H](NC(=O)[C@H]1CCCN(C(N)=O)C1)C(=O)O. The summed E-state index contributed by atoms with van der Waals surface area (Å²) in [5, 5.41) is 11.7. The summed E-state index contributed by atoms with van der Waals surface area (Å²) >= 11 is 0. The van der Waals surface area contributed by atoms with Gasteiger partial charge in [0, 0.05) is 13.1 Å². The Hall–Kier alpha value is -1.79. The van der Waals surface area contributed by atoms with Crippen molar-refractivity contribution < 1.29 is 19.5 Å². The van der Waals surface area contributed by atoms with E-state index in [1.54, 1.807) is 0 Å². The summed E-state index contributed by atoms with van der Waals surface area (Å²) in [7, 11) is 0. The molecule has 0 saturated carbocycles. The Morgan fingerprint density at radius 3 is 2.55 bits per heavy atom. The highest BCUT2D eigenvalue weighted by atomic mass is 16.4. The first-order chi connectivity index (χ1) is 9.31. The average molecular weight is 285 g/mol. The van der Waals surface area contributed by atoms with Crippen LogP contribution in [0.1, 0.15) is 33.1 Å². The van der Waals surface area contributed by atoms with Crippen LogP contribution in [0.25, 0.3) is 0 Å². The molecule has 3 amide bonds. The van der Waals surface area contributed by atoms with Gasteiger partial charge in [-0.3, -0.25) is 4.79 Å². The molecule has 7 nitrogen and oxygen atoms in total. The van der Waals surface area contributed by atoms with Gasteiger partial charge >= 0.3 is 12.0 Å². The van der Waals surface area contributed by atoms with E-state index >= 15 is 0 Å². The minimum Gasteiger partial charge on any atom is -0.480 e. The molecule has 0 aromatic carbocycles. The number of aliphatic carboxylic acids is 1. The zero-order chi connectivity index (χ0) is 15.3. The van der Waals surface area contributed by atoms with Gasteiger partial charge in [-0.25, -0.2) is 9.59 Å². The highest BCUT2D eigenvalue weighted by molar-refractivity contribution is 5.85. The molecule has 0 aromatic heterocycles. The molecule has 1 fully saturated rings. The fourth-order valence-electron chi connectivity index (χ4n) is 2.37. The van der Waals surface area contributed by atoms with E-state index < -0.39 is 18.0 Å². The Labute approximate surface area is 118 Å². The fraction of sp³-hybridized carbons (Fsp3) is 0.769. The first-order valence-electron chi connectivity index (χ1n) is 6.88. The van der Waals surface area contributed by atoms with Gasteiger partial charge in [0.05, 0.1) is 5.92 Å². The number of hydrogen-bond donors (Lipinski definition) is 3. The number of rotatable bonds is 5. The van der Waals surface area contributed by atoms with Gasteiger partial charge in [-0.1, -0.05) is 13.8 Å². The third-order valence-corrected chi connectivity index (χ3v) is 3.43. The van der Waals surface area contributed by atoms with Crippen LogP contribution >= 0.6 is 0 Å². The van der Waals surface area contributed by atoms with E-state index in [2.05, 4.69) is 5.32 Å². The molecule has 1 aliphatic rings. The van der Waals surface area contributed by atoms with E-state index in [-0.39, 0.29) is 24.3 Å². The van der Waals surface area contributed by atoms with Gasteiger partial charge in [0.15, 0.2) is 0 Å². The smallest absolute Gasteiger partial charge is 0.326 e. The Kier molecular flexibility index (Phi) is 5.79. The molecule has 1 saturated heterocycles. The molecule has 0 bridgehead atoms. The van der Waals surface area contributed by atoms with Crippen molar-refractivity contribution in [3.63, 3.8) is 0 Å². The standard InChI is InChI=1S/C13H23N3O4/c1-8(2)6-10(12(18)19)15-11(17)9-4-3-5-16(7-9)13(14)20/h8-10H,3-7H2,1-2H3,(H2,14,20)(H,15,17)(H,18,19)/t9-,10+/m0/s1. The monoisotopic (exact) mass is 285 g/mol. The number of piperidine rings is 1. The average Bonchev–Trinajstić information content (AvgIpc) is 2.37. The Morgan fingerprint density at radius 2 is 2.05 bits per heavy atom. The molecular formula is C13H23N3O4. The molecule has 1 heterocycles. The van der Waals surface area contributed by atoms with Crippen LogP contribution in [-0.4, -0.2) is 47.0 Å². The first-order valence-corrected chi connectivity index (χ1v) is 6.88. The van der Waals surface area contributed by atoms with Crippen molar-refractivity contribution in [2.45, 2.75) is 39.2 Å². The summed E-state index contributed by atoms with van der Waals surface area (Å²) in [6.07, 6.45) is 1.72. The zero-order valence-corrected chi connectivity index (χ0v) is 12.0. The van der Waals surface area contributed by atoms with Crippen LogP contribution in [0, 0.1) is 11.8 Å². The summed E-state index contributed by atoms with van der Waals surface area (Å²) in [5.74, 6) is -1.56. The number of urea groups is 1.